The van der Waals surface area contributed by atoms with Crippen LogP contribution >= 0.6 is 0 Å². The minimum Gasteiger partial charge on any atom is -0.464 e. The zero-order chi connectivity index (χ0) is 21.3. The molecule has 158 valence electrons. The molecule has 0 unspecified atom stereocenters. The number of carbonyl (C=O) groups excluding carboxylic acids is 3. The van der Waals surface area contributed by atoms with Gasteiger partial charge < -0.3 is 10.1 Å². The van der Waals surface area contributed by atoms with Gasteiger partial charge in [0, 0.05) is 18.8 Å². The third-order valence-corrected chi connectivity index (χ3v) is 5.26. The predicted molar refractivity (Wildman–Crippen MR) is 110 cm³/mol. The topological polar surface area (TPSA) is 105 Å². The van der Waals surface area contributed by atoms with Crippen molar-refractivity contribution in [1.82, 2.24) is 10.8 Å². The minimum atomic E-state index is -0.664. The van der Waals surface area contributed by atoms with E-state index in [0.717, 1.165) is 23.1 Å². The third kappa shape index (κ3) is 5.90. The fraction of sp³-hybridized carbons (Fsp3) is 0.348. The smallest absolute Gasteiger partial charge is 0.328 e. The average molecular weight is 410 g/mol. The molecule has 1 fully saturated rings. The van der Waals surface area contributed by atoms with Crippen molar-refractivity contribution in [3.63, 3.8) is 0 Å². The number of hydroxylamine groups is 1. The van der Waals surface area contributed by atoms with Gasteiger partial charge in [-0.2, -0.15) is 0 Å². The lowest BCUT2D eigenvalue weighted by Gasteiger charge is -2.17. The van der Waals surface area contributed by atoms with Crippen LogP contribution in [0.3, 0.4) is 0 Å². The fourth-order valence-corrected chi connectivity index (χ4v) is 3.56. The van der Waals surface area contributed by atoms with Crippen LogP contribution in [-0.2, 0) is 25.5 Å². The third-order valence-electron chi connectivity index (χ3n) is 5.26. The normalized spacial score (nSPS) is 16.6. The van der Waals surface area contributed by atoms with Crippen molar-refractivity contribution < 1.29 is 24.3 Å². The monoisotopic (exact) mass is 410 g/mol. The summed E-state index contributed by atoms with van der Waals surface area (Å²) in [5.74, 6) is -2.08. The molecule has 1 aliphatic heterocycles. The summed E-state index contributed by atoms with van der Waals surface area (Å²) < 4.78 is 4.86. The summed E-state index contributed by atoms with van der Waals surface area (Å²) in [6, 6.07) is 17.7. The lowest BCUT2D eigenvalue weighted by Crippen LogP contribution is -2.42. The summed E-state index contributed by atoms with van der Waals surface area (Å²) in [7, 11) is 0. The molecule has 30 heavy (non-hydrogen) atoms. The van der Waals surface area contributed by atoms with Gasteiger partial charge in [0.1, 0.15) is 6.04 Å². The highest BCUT2D eigenvalue weighted by molar-refractivity contribution is 5.89. The Balaban J connectivity index is 1.55. The van der Waals surface area contributed by atoms with Gasteiger partial charge in [0.25, 0.3) is 0 Å². The van der Waals surface area contributed by atoms with Crippen LogP contribution in [0.15, 0.2) is 54.6 Å². The Labute approximate surface area is 175 Å². The molecule has 0 saturated carbocycles. The Morgan fingerprint density at radius 3 is 2.40 bits per heavy atom. The van der Waals surface area contributed by atoms with Crippen LogP contribution in [0.25, 0.3) is 11.1 Å². The lowest BCUT2D eigenvalue weighted by atomic mass is 9.94. The van der Waals surface area contributed by atoms with Crippen molar-refractivity contribution in [2.45, 2.75) is 38.1 Å². The van der Waals surface area contributed by atoms with Gasteiger partial charge in [-0.1, -0.05) is 54.6 Å². The second-order valence-electron chi connectivity index (χ2n) is 7.41. The van der Waals surface area contributed by atoms with Crippen molar-refractivity contribution >= 4 is 17.8 Å². The molecule has 2 aromatic carbocycles. The second kappa shape index (κ2) is 10.5. The zero-order valence-corrected chi connectivity index (χ0v) is 16.7. The predicted octanol–water partition coefficient (Wildman–Crippen LogP) is 2.62. The summed E-state index contributed by atoms with van der Waals surface area (Å²) in [5, 5.41) is 11.5. The van der Waals surface area contributed by atoms with Gasteiger partial charge in [-0.3, -0.25) is 14.8 Å². The summed E-state index contributed by atoms with van der Waals surface area (Å²) in [6.07, 6.45) is 2.19. The SMILES string of the molecule is O=C(C[C@@H](CCCc1ccc(-c2ccccc2)cc1)C(=O)N[C@H]1CCOC1=O)NO. The van der Waals surface area contributed by atoms with E-state index in [0.29, 0.717) is 19.3 Å². The number of aryl methyl sites for hydroxylation is 1. The maximum absolute atomic E-state index is 12.6. The average Bonchev–Trinajstić information content (AvgIpc) is 3.18. The summed E-state index contributed by atoms with van der Waals surface area (Å²) in [5.41, 5.74) is 5.00. The molecule has 1 heterocycles. The van der Waals surface area contributed by atoms with Gasteiger partial charge >= 0.3 is 5.97 Å². The first-order valence-corrected chi connectivity index (χ1v) is 10.1. The van der Waals surface area contributed by atoms with Gasteiger partial charge in [-0.15, -0.1) is 0 Å². The van der Waals surface area contributed by atoms with E-state index in [1.54, 1.807) is 5.48 Å². The molecule has 3 rings (SSSR count). The van der Waals surface area contributed by atoms with E-state index in [1.165, 1.54) is 0 Å². The molecular formula is C23H26N2O5. The summed E-state index contributed by atoms with van der Waals surface area (Å²) in [4.78, 5) is 35.7. The number of rotatable bonds is 9. The number of amides is 2. The Morgan fingerprint density at radius 2 is 1.77 bits per heavy atom. The van der Waals surface area contributed by atoms with Gasteiger partial charge in [0.05, 0.1) is 6.61 Å². The molecule has 2 aromatic rings. The maximum atomic E-state index is 12.6. The van der Waals surface area contributed by atoms with Gasteiger partial charge in [0.15, 0.2) is 0 Å². The van der Waals surface area contributed by atoms with E-state index < -0.39 is 23.8 Å². The second-order valence-corrected chi connectivity index (χ2v) is 7.41. The highest BCUT2D eigenvalue weighted by atomic mass is 16.5. The summed E-state index contributed by atoms with van der Waals surface area (Å²) in [6.45, 7) is 0.282. The maximum Gasteiger partial charge on any atom is 0.328 e. The quantitative estimate of drug-likeness (QED) is 0.335. The highest BCUT2D eigenvalue weighted by Gasteiger charge is 2.31. The molecule has 0 aliphatic carbocycles. The van der Waals surface area contributed by atoms with E-state index in [2.05, 4.69) is 41.7 Å². The van der Waals surface area contributed by atoms with Crippen LogP contribution in [0.1, 0.15) is 31.2 Å². The van der Waals surface area contributed by atoms with Gasteiger partial charge in [-0.25, -0.2) is 10.3 Å². The molecule has 1 aliphatic rings. The molecule has 0 radical (unpaired) electrons. The Bertz CT molecular complexity index is 867. The molecule has 3 N–H and O–H groups in total. The van der Waals surface area contributed by atoms with Crippen molar-refractivity contribution in [1.29, 1.82) is 0 Å². The zero-order valence-electron chi connectivity index (χ0n) is 16.7. The molecular weight excluding hydrogens is 384 g/mol. The van der Waals surface area contributed by atoms with Crippen molar-refractivity contribution in [2.24, 2.45) is 5.92 Å². The largest absolute Gasteiger partial charge is 0.464 e. The molecule has 2 amide bonds. The van der Waals surface area contributed by atoms with Gasteiger partial charge in [-0.05, 0) is 36.0 Å². The van der Waals surface area contributed by atoms with Crippen LogP contribution < -0.4 is 10.8 Å². The molecule has 7 heteroatoms. The van der Waals surface area contributed by atoms with Crippen LogP contribution in [0.2, 0.25) is 0 Å². The lowest BCUT2D eigenvalue weighted by molar-refractivity contribution is -0.142. The van der Waals surface area contributed by atoms with Crippen LogP contribution in [0.4, 0.5) is 0 Å². The van der Waals surface area contributed by atoms with Crippen LogP contribution in [0, 0.1) is 5.92 Å². The Kier molecular flexibility index (Phi) is 7.57. The van der Waals surface area contributed by atoms with Crippen molar-refractivity contribution in [3.8, 4) is 11.1 Å². The number of esters is 1. The fourth-order valence-electron chi connectivity index (χ4n) is 3.56. The number of hydrogen-bond donors (Lipinski definition) is 3. The van der Waals surface area contributed by atoms with Gasteiger partial charge in [0.2, 0.25) is 11.8 Å². The van der Waals surface area contributed by atoms with E-state index in [-0.39, 0.29) is 18.9 Å². The van der Waals surface area contributed by atoms with E-state index in [9.17, 15) is 14.4 Å². The van der Waals surface area contributed by atoms with E-state index in [1.807, 2.05) is 18.2 Å². The first kappa shape index (κ1) is 21.5. The molecule has 0 bridgehead atoms. The van der Waals surface area contributed by atoms with Crippen LogP contribution in [-0.4, -0.2) is 35.6 Å². The van der Waals surface area contributed by atoms with Crippen molar-refractivity contribution in [3.05, 3.63) is 60.2 Å². The number of carbonyl (C=O) groups is 3. The Morgan fingerprint density at radius 1 is 1.07 bits per heavy atom. The summed E-state index contributed by atoms with van der Waals surface area (Å²) >= 11 is 0. The number of cyclic esters (lactones) is 1. The number of hydrogen-bond acceptors (Lipinski definition) is 5. The molecule has 1 saturated heterocycles. The van der Waals surface area contributed by atoms with E-state index >= 15 is 0 Å². The minimum absolute atomic E-state index is 0.142. The highest BCUT2D eigenvalue weighted by Crippen LogP contribution is 2.21. The molecule has 2 atom stereocenters. The number of ether oxygens (including phenoxy) is 1. The Hall–Kier alpha value is -3.19. The van der Waals surface area contributed by atoms with E-state index in [4.69, 9.17) is 9.94 Å². The molecule has 0 aromatic heterocycles. The molecule has 7 nitrogen and oxygen atoms in total. The van der Waals surface area contributed by atoms with Crippen LogP contribution in [0.5, 0.6) is 0 Å². The molecule has 0 spiro atoms. The first-order chi connectivity index (χ1) is 14.6. The van der Waals surface area contributed by atoms with Crippen molar-refractivity contribution in [2.75, 3.05) is 6.61 Å². The first-order valence-electron chi connectivity index (χ1n) is 10.1. The number of nitrogens with one attached hydrogen (secondary N) is 2. The standard InChI is InChI=1S/C23H26N2O5/c26-21(25-29)15-19(22(27)24-20-13-14-30-23(20)28)8-4-5-16-9-11-18(12-10-16)17-6-2-1-3-7-17/h1-3,6-7,9-12,19-20,29H,4-5,8,13-15H2,(H,24,27)(H,25,26)/t19-,20+/m1/s1. The number of benzene rings is 2.